The smallest absolute Gasteiger partial charge is 0.433 e. The standard InChI is InChI=1S/C27H24ClF5N4O4/c1-14-9-34-11-21(28)23(14)22(38)13-36(12-15-6-17(29)8-18(30)7-15)25(39)20-10-35-37(24(20)27(31,32)33)19-4-2-16(3-5-19)26(40)41/h6-11,16,19H,2-5,12-13H2,1H3,(H,40,41)/t16-,19-. The fourth-order valence-electron chi connectivity index (χ4n) is 5.08. The molecule has 41 heavy (non-hydrogen) atoms. The quantitative estimate of drug-likeness (QED) is 0.257. The summed E-state index contributed by atoms with van der Waals surface area (Å²) in [6.07, 6.45) is -1.30. The Kier molecular flexibility index (Phi) is 8.76. The van der Waals surface area contributed by atoms with E-state index in [1.807, 2.05) is 0 Å². The summed E-state index contributed by atoms with van der Waals surface area (Å²) < 4.78 is 71.6. The number of carboxylic acids is 1. The third kappa shape index (κ3) is 6.72. The van der Waals surface area contributed by atoms with Crippen LogP contribution in [0.15, 0.2) is 36.8 Å². The molecule has 0 spiro atoms. The molecule has 218 valence electrons. The lowest BCUT2D eigenvalue weighted by molar-refractivity contribution is -0.147. The van der Waals surface area contributed by atoms with Crippen LogP contribution in [0.3, 0.4) is 0 Å². The average molecular weight is 599 g/mol. The Hall–Kier alpha value is -3.87. The highest BCUT2D eigenvalue weighted by molar-refractivity contribution is 6.34. The molecule has 1 N–H and O–H groups in total. The summed E-state index contributed by atoms with van der Waals surface area (Å²) in [7, 11) is 0. The van der Waals surface area contributed by atoms with Crippen LogP contribution in [0.25, 0.3) is 0 Å². The van der Waals surface area contributed by atoms with Gasteiger partial charge in [-0.1, -0.05) is 11.6 Å². The minimum Gasteiger partial charge on any atom is -0.481 e. The maximum atomic E-state index is 14.4. The summed E-state index contributed by atoms with van der Waals surface area (Å²) in [5.41, 5.74) is -1.98. The van der Waals surface area contributed by atoms with Gasteiger partial charge in [0.2, 0.25) is 0 Å². The van der Waals surface area contributed by atoms with E-state index in [-0.39, 0.29) is 41.8 Å². The van der Waals surface area contributed by atoms with Crippen LogP contribution >= 0.6 is 11.6 Å². The molecule has 0 radical (unpaired) electrons. The van der Waals surface area contributed by atoms with E-state index in [1.165, 1.54) is 19.3 Å². The van der Waals surface area contributed by atoms with Crippen LogP contribution in [0, 0.1) is 24.5 Å². The molecule has 2 aromatic heterocycles. The number of nitrogens with zero attached hydrogens (tertiary/aromatic N) is 4. The first-order valence-electron chi connectivity index (χ1n) is 12.5. The fraction of sp³-hybridized carbons (Fsp3) is 0.370. The van der Waals surface area contributed by atoms with Gasteiger partial charge in [-0.15, -0.1) is 0 Å². The third-order valence-electron chi connectivity index (χ3n) is 6.97. The monoisotopic (exact) mass is 598 g/mol. The van der Waals surface area contributed by atoms with E-state index >= 15 is 0 Å². The SMILES string of the molecule is Cc1cncc(Cl)c1C(=O)CN(Cc1cc(F)cc(F)c1)C(=O)c1cnn([C@H]2CC[C@H](C(=O)O)CC2)c1C(F)(F)F. The lowest BCUT2D eigenvalue weighted by atomic mass is 9.86. The molecule has 14 heteroatoms. The van der Waals surface area contributed by atoms with Crippen molar-refractivity contribution in [2.24, 2.45) is 5.92 Å². The number of carbonyl (C=O) groups is 3. The van der Waals surface area contributed by atoms with E-state index in [1.54, 1.807) is 0 Å². The first-order chi connectivity index (χ1) is 19.3. The van der Waals surface area contributed by atoms with Gasteiger partial charge in [-0.2, -0.15) is 18.3 Å². The maximum Gasteiger partial charge on any atom is 0.433 e. The number of aryl methyl sites for hydroxylation is 1. The first-order valence-corrected chi connectivity index (χ1v) is 12.9. The molecule has 1 amide bonds. The highest BCUT2D eigenvalue weighted by Gasteiger charge is 2.43. The van der Waals surface area contributed by atoms with Gasteiger partial charge in [0.25, 0.3) is 5.91 Å². The number of carbonyl (C=O) groups excluding carboxylic acids is 2. The second kappa shape index (κ2) is 11.9. The number of amides is 1. The second-order valence-electron chi connectivity index (χ2n) is 9.87. The molecule has 3 aromatic rings. The summed E-state index contributed by atoms with van der Waals surface area (Å²) >= 11 is 6.13. The molecular formula is C27H24ClF5N4O4. The summed E-state index contributed by atoms with van der Waals surface area (Å²) in [4.78, 5) is 42.8. The maximum absolute atomic E-state index is 14.4. The van der Waals surface area contributed by atoms with E-state index in [4.69, 9.17) is 11.6 Å². The lowest BCUT2D eigenvalue weighted by Crippen LogP contribution is -2.37. The van der Waals surface area contributed by atoms with Gasteiger partial charge < -0.3 is 10.0 Å². The molecule has 4 rings (SSSR count). The lowest BCUT2D eigenvalue weighted by Gasteiger charge is -2.28. The number of ketones is 1. The third-order valence-corrected chi connectivity index (χ3v) is 7.26. The molecular weight excluding hydrogens is 575 g/mol. The van der Waals surface area contributed by atoms with Gasteiger partial charge in [-0.05, 0) is 55.9 Å². The molecule has 1 saturated carbocycles. The molecule has 1 fully saturated rings. The van der Waals surface area contributed by atoms with Gasteiger partial charge in [-0.3, -0.25) is 24.0 Å². The Morgan fingerprint density at radius 1 is 1.05 bits per heavy atom. The number of alkyl halides is 3. The van der Waals surface area contributed by atoms with E-state index in [2.05, 4.69) is 10.1 Å². The van der Waals surface area contributed by atoms with Gasteiger partial charge in [0.15, 0.2) is 11.5 Å². The molecule has 0 bridgehead atoms. The Morgan fingerprint density at radius 2 is 1.68 bits per heavy atom. The van der Waals surface area contributed by atoms with Gasteiger partial charge in [-0.25, -0.2) is 8.78 Å². The molecule has 0 aliphatic heterocycles. The van der Waals surface area contributed by atoms with Gasteiger partial charge in [0.1, 0.15) is 11.6 Å². The zero-order chi connectivity index (χ0) is 30.1. The van der Waals surface area contributed by atoms with Crippen molar-refractivity contribution in [2.75, 3.05) is 6.54 Å². The number of rotatable bonds is 8. The van der Waals surface area contributed by atoms with Crippen LogP contribution in [0.1, 0.15) is 69.3 Å². The zero-order valence-electron chi connectivity index (χ0n) is 21.6. The van der Waals surface area contributed by atoms with Crippen molar-refractivity contribution in [3.63, 3.8) is 0 Å². The highest BCUT2D eigenvalue weighted by atomic mass is 35.5. The number of Topliss-reactive ketones (excluding diaryl/α,β-unsaturated/α-hetero) is 1. The molecule has 0 unspecified atom stereocenters. The predicted molar refractivity (Wildman–Crippen MR) is 135 cm³/mol. The van der Waals surface area contributed by atoms with Crippen molar-refractivity contribution in [2.45, 2.75) is 51.4 Å². The number of hydrogen-bond acceptors (Lipinski definition) is 5. The van der Waals surface area contributed by atoms with Crippen LogP contribution in [-0.2, 0) is 17.5 Å². The largest absolute Gasteiger partial charge is 0.481 e. The molecule has 1 aliphatic rings. The van der Waals surface area contributed by atoms with Crippen molar-refractivity contribution in [3.05, 3.63) is 81.4 Å². The van der Waals surface area contributed by atoms with Crippen LogP contribution in [0.4, 0.5) is 22.0 Å². The predicted octanol–water partition coefficient (Wildman–Crippen LogP) is 5.88. The van der Waals surface area contributed by atoms with Crippen molar-refractivity contribution >= 4 is 29.3 Å². The average Bonchev–Trinajstić information content (AvgIpc) is 3.33. The highest BCUT2D eigenvalue weighted by Crippen LogP contribution is 2.39. The van der Waals surface area contributed by atoms with Crippen LogP contribution in [0.5, 0.6) is 0 Å². The first kappa shape index (κ1) is 30.1. The molecule has 1 aromatic carbocycles. The molecule has 8 nitrogen and oxygen atoms in total. The van der Waals surface area contributed by atoms with Gasteiger partial charge >= 0.3 is 12.1 Å². The van der Waals surface area contributed by atoms with Crippen LogP contribution in [0.2, 0.25) is 5.02 Å². The Balaban J connectivity index is 1.73. The molecule has 1 aliphatic carbocycles. The summed E-state index contributed by atoms with van der Waals surface area (Å²) in [5, 5.41) is 13.0. The van der Waals surface area contributed by atoms with E-state index in [9.17, 15) is 41.4 Å². The Bertz CT molecular complexity index is 1440. The number of carboxylic acid groups (broad SMARTS) is 1. The minimum atomic E-state index is -5.04. The molecule has 2 heterocycles. The fourth-order valence-corrected chi connectivity index (χ4v) is 5.39. The van der Waals surface area contributed by atoms with E-state index in [0.29, 0.717) is 16.3 Å². The Morgan fingerprint density at radius 3 is 2.24 bits per heavy atom. The summed E-state index contributed by atoms with van der Waals surface area (Å²) in [5.74, 6) is -5.65. The number of pyridine rings is 1. The number of hydrogen-bond donors (Lipinski definition) is 1. The summed E-state index contributed by atoms with van der Waals surface area (Å²) in [6, 6.07) is 1.57. The second-order valence-corrected chi connectivity index (χ2v) is 10.3. The molecule has 0 saturated heterocycles. The number of benzene rings is 1. The number of halogens is 6. The van der Waals surface area contributed by atoms with Crippen LogP contribution in [-0.4, -0.2) is 49.0 Å². The van der Waals surface area contributed by atoms with Crippen LogP contribution < -0.4 is 0 Å². The van der Waals surface area contributed by atoms with Gasteiger partial charge in [0, 0.05) is 30.6 Å². The van der Waals surface area contributed by atoms with Crippen molar-refractivity contribution in [1.82, 2.24) is 19.7 Å². The summed E-state index contributed by atoms with van der Waals surface area (Å²) in [6.45, 7) is 0.159. The van der Waals surface area contributed by atoms with Crippen molar-refractivity contribution in [1.29, 1.82) is 0 Å². The molecule has 0 atom stereocenters. The topological polar surface area (TPSA) is 105 Å². The zero-order valence-corrected chi connectivity index (χ0v) is 22.3. The van der Waals surface area contributed by atoms with Crippen molar-refractivity contribution in [3.8, 4) is 0 Å². The minimum absolute atomic E-state index is 0.00757. The Labute approximate surface area is 235 Å². The normalized spacial score (nSPS) is 17.3. The van der Waals surface area contributed by atoms with E-state index < -0.39 is 71.8 Å². The van der Waals surface area contributed by atoms with Crippen molar-refractivity contribution < 1.29 is 41.4 Å². The van der Waals surface area contributed by atoms with Gasteiger partial charge in [0.05, 0.1) is 35.3 Å². The number of aliphatic carboxylic acids is 1. The number of aromatic nitrogens is 3. The van der Waals surface area contributed by atoms with E-state index in [0.717, 1.165) is 23.2 Å².